The normalized spacial score (nSPS) is 14.0. The molecule has 1 amide bonds. The molecule has 2 aromatic heterocycles. The van der Waals surface area contributed by atoms with E-state index in [2.05, 4.69) is 20.2 Å². The number of benzene rings is 1. The maximum atomic E-state index is 13.1. The maximum absolute atomic E-state index is 13.1. The first-order valence-electron chi connectivity index (χ1n) is 11.5. The summed E-state index contributed by atoms with van der Waals surface area (Å²) in [7, 11) is -3.64. The summed E-state index contributed by atoms with van der Waals surface area (Å²) in [6, 6.07) is 8.81. The molecule has 1 aliphatic heterocycles. The highest BCUT2D eigenvalue weighted by Crippen LogP contribution is 2.32. The second kappa shape index (κ2) is 10.6. The van der Waals surface area contributed by atoms with Crippen LogP contribution in [0.25, 0.3) is 10.6 Å². The summed E-state index contributed by atoms with van der Waals surface area (Å²) in [5.74, 6) is -0.235. The first-order chi connectivity index (χ1) is 16.4. The molecule has 0 unspecified atom stereocenters. The molecule has 0 radical (unpaired) electrons. The van der Waals surface area contributed by atoms with Gasteiger partial charge in [-0.05, 0) is 43.2 Å². The number of nitrogens with zero attached hydrogens (tertiary/aromatic N) is 4. The minimum atomic E-state index is -3.64. The fourth-order valence-electron chi connectivity index (χ4n) is 4.09. The van der Waals surface area contributed by atoms with Gasteiger partial charge in [0.1, 0.15) is 5.01 Å². The second-order valence-electron chi connectivity index (χ2n) is 8.07. The van der Waals surface area contributed by atoms with Gasteiger partial charge in [-0.15, -0.1) is 11.3 Å². The van der Waals surface area contributed by atoms with Gasteiger partial charge >= 0.3 is 0 Å². The van der Waals surface area contributed by atoms with E-state index in [-0.39, 0.29) is 17.2 Å². The van der Waals surface area contributed by atoms with Crippen molar-refractivity contribution in [3.05, 3.63) is 53.8 Å². The number of rotatable bonds is 9. The van der Waals surface area contributed by atoms with Crippen LogP contribution in [0.2, 0.25) is 0 Å². The number of carbonyl (C=O) groups is 1. The fourth-order valence-corrected chi connectivity index (χ4v) is 6.39. The molecular weight excluding hydrogens is 470 g/mol. The van der Waals surface area contributed by atoms with Crippen molar-refractivity contribution in [2.75, 3.05) is 36.4 Å². The first kappa shape index (κ1) is 24.3. The number of amides is 1. The van der Waals surface area contributed by atoms with Gasteiger partial charge in [0.05, 0.1) is 28.4 Å². The molecule has 1 N–H and O–H groups in total. The van der Waals surface area contributed by atoms with E-state index >= 15 is 0 Å². The van der Waals surface area contributed by atoms with Crippen LogP contribution in [0, 0.1) is 0 Å². The molecule has 1 aliphatic rings. The van der Waals surface area contributed by atoms with E-state index in [9.17, 15) is 13.2 Å². The zero-order chi connectivity index (χ0) is 24.1. The van der Waals surface area contributed by atoms with Gasteiger partial charge in [-0.2, -0.15) is 4.31 Å². The first-order valence-corrected chi connectivity index (χ1v) is 13.8. The highest BCUT2D eigenvalue weighted by atomic mass is 32.2. The molecule has 10 heteroatoms. The van der Waals surface area contributed by atoms with Crippen LogP contribution in [0.15, 0.2) is 53.0 Å². The van der Waals surface area contributed by atoms with E-state index in [1.165, 1.54) is 15.6 Å². The molecule has 1 fully saturated rings. The predicted molar refractivity (Wildman–Crippen MR) is 136 cm³/mol. The molecule has 1 aromatic carbocycles. The van der Waals surface area contributed by atoms with Crippen LogP contribution >= 0.6 is 11.3 Å². The Morgan fingerprint density at radius 1 is 1.18 bits per heavy atom. The van der Waals surface area contributed by atoms with Crippen LogP contribution in [-0.2, 0) is 21.2 Å². The zero-order valence-electron chi connectivity index (χ0n) is 19.4. The Balaban J connectivity index is 1.58. The predicted octanol–water partition coefficient (Wildman–Crippen LogP) is 4.02. The van der Waals surface area contributed by atoms with Crippen LogP contribution < -0.4 is 10.2 Å². The van der Waals surface area contributed by atoms with Gasteiger partial charge in [-0.25, -0.2) is 13.4 Å². The molecule has 0 spiro atoms. The van der Waals surface area contributed by atoms with E-state index in [1.54, 1.807) is 30.6 Å². The van der Waals surface area contributed by atoms with Gasteiger partial charge in [-0.3, -0.25) is 9.78 Å². The highest BCUT2D eigenvalue weighted by Gasteiger charge is 2.25. The van der Waals surface area contributed by atoms with E-state index < -0.39 is 10.0 Å². The smallest absolute Gasteiger partial charge is 0.243 e. The third-order valence-electron chi connectivity index (χ3n) is 5.83. The number of nitrogens with one attached hydrogen (secondary N) is 1. The van der Waals surface area contributed by atoms with Crippen LogP contribution in [0.5, 0.6) is 0 Å². The minimum absolute atomic E-state index is 0.100. The maximum Gasteiger partial charge on any atom is 0.243 e. The van der Waals surface area contributed by atoms with Crippen LogP contribution in [0.3, 0.4) is 0 Å². The Kier molecular flexibility index (Phi) is 7.60. The zero-order valence-corrected chi connectivity index (χ0v) is 21.0. The lowest BCUT2D eigenvalue weighted by molar-refractivity contribution is -0.115. The number of pyridine rings is 1. The van der Waals surface area contributed by atoms with Gasteiger partial charge < -0.3 is 10.2 Å². The summed E-state index contributed by atoms with van der Waals surface area (Å²) >= 11 is 1.46. The second-order valence-corrected chi connectivity index (χ2v) is 10.9. The Labute approximate surface area is 204 Å². The largest absolute Gasteiger partial charge is 0.370 e. The summed E-state index contributed by atoms with van der Waals surface area (Å²) in [5, 5.41) is 5.63. The number of thiazole rings is 1. The van der Waals surface area contributed by atoms with Crippen molar-refractivity contribution in [1.29, 1.82) is 0 Å². The molecule has 8 nitrogen and oxygen atoms in total. The molecule has 34 heavy (non-hydrogen) atoms. The number of carbonyl (C=O) groups excluding carboxylic acids is 1. The number of hydrogen-bond acceptors (Lipinski definition) is 7. The van der Waals surface area contributed by atoms with Gasteiger partial charge in [0.25, 0.3) is 0 Å². The molecular formula is C24H29N5O3S2. The van der Waals surface area contributed by atoms with Gasteiger partial charge in [-0.1, -0.05) is 13.8 Å². The Bertz CT molecular complexity index is 1230. The summed E-state index contributed by atoms with van der Waals surface area (Å²) in [6.07, 6.45) is 5.69. The average molecular weight is 500 g/mol. The summed E-state index contributed by atoms with van der Waals surface area (Å²) < 4.78 is 27.6. The highest BCUT2D eigenvalue weighted by molar-refractivity contribution is 7.89. The summed E-state index contributed by atoms with van der Waals surface area (Å²) in [6.45, 7) is 6.16. The molecule has 3 heterocycles. The average Bonchev–Trinajstić information content (AvgIpc) is 3.53. The van der Waals surface area contributed by atoms with Gasteiger partial charge in [0.15, 0.2) is 0 Å². The Morgan fingerprint density at radius 2 is 1.94 bits per heavy atom. The third-order valence-corrected chi connectivity index (χ3v) is 8.82. The van der Waals surface area contributed by atoms with Gasteiger partial charge in [0, 0.05) is 49.5 Å². The number of hydrogen-bond donors (Lipinski definition) is 1. The molecule has 0 atom stereocenters. The number of anilines is 2. The summed E-state index contributed by atoms with van der Waals surface area (Å²) in [4.78, 5) is 24.0. The van der Waals surface area contributed by atoms with E-state index in [0.29, 0.717) is 24.5 Å². The standard InChI is InChI=1S/C24H29N5O3S2/c1-3-29(4-2)34(31,32)20-9-10-22(28-12-5-6-13-28)21(15-20)27-23(30)14-19-17-33-24(26-19)18-8-7-11-25-16-18/h7-11,15-17H,3-6,12-14H2,1-2H3,(H,27,30). The van der Waals surface area contributed by atoms with Gasteiger partial charge in [0.2, 0.25) is 15.9 Å². The Morgan fingerprint density at radius 3 is 2.62 bits per heavy atom. The lowest BCUT2D eigenvalue weighted by atomic mass is 10.2. The molecule has 0 bridgehead atoms. The molecule has 3 aromatic rings. The molecule has 180 valence electrons. The van der Waals surface area contributed by atoms with E-state index in [0.717, 1.165) is 42.2 Å². The number of sulfonamides is 1. The minimum Gasteiger partial charge on any atom is -0.370 e. The number of aromatic nitrogens is 2. The van der Waals surface area contributed by atoms with Crippen molar-refractivity contribution in [1.82, 2.24) is 14.3 Å². The van der Waals surface area contributed by atoms with E-state index in [4.69, 9.17) is 0 Å². The molecule has 4 rings (SSSR count). The summed E-state index contributed by atoms with van der Waals surface area (Å²) in [5.41, 5.74) is 2.93. The van der Waals surface area contributed by atoms with Crippen LogP contribution in [0.1, 0.15) is 32.4 Å². The van der Waals surface area contributed by atoms with Crippen molar-refractivity contribution in [2.24, 2.45) is 0 Å². The lowest BCUT2D eigenvalue weighted by Gasteiger charge is -2.24. The van der Waals surface area contributed by atoms with Crippen molar-refractivity contribution < 1.29 is 13.2 Å². The SMILES string of the molecule is CCN(CC)S(=O)(=O)c1ccc(N2CCCC2)c(NC(=O)Cc2csc(-c3cccnc3)n2)c1. The topological polar surface area (TPSA) is 95.5 Å². The van der Waals surface area contributed by atoms with E-state index in [1.807, 2.05) is 31.4 Å². The fraction of sp³-hybridized carbons (Fsp3) is 0.375. The Hall–Kier alpha value is -2.82. The van der Waals surface area contributed by atoms with Crippen molar-refractivity contribution in [3.63, 3.8) is 0 Å². The van der Waals surface area contributed by atoms with Crippen LogP contribution in [0.4, 0.5) is 11.4 Å². The molecule has 1 saturated heterocycles. The lowest BCUT2D eigenvalue weighted by Crippen LogP contribution is -2.31. The van der Waals surface area contributed by atoms with Crippen LogP contribution in [-0.4, -0.2) is 54.8 Å². The molecule has 0 aliphatic carbocycles. The molecule has 0 saturated carbocycles. The third kappa shape index (κ3) is 5.29. The quantitative estimate of drug-likeness (QED) is 0.478. The van der Waals surface area contributed by atoms with Crippen molar-refractivity contribution in [3.8, 4) is 10.6 Å². The van der Waals surface area contributed by atoms with Crippen molar-refractivity contribution in [2.45, 2.75) is 38.0 Å². The monoisotopic (exact) mass is 499 g/mol. The van der Waals surface area contributed by atoms with Crippen molar-refractivity contribution >= 4 is 38.6 Å².